The van der Waals surface area contributed by atoms with Gasteiger partial charge >= 0.3 is 0 Å². The highest BCUT2D eigenvalue weighted by molar-refractivity contribution is 9.10. The lowest BCUT2D eigenvalue weighted by Crippen LogP contribution is -2.24. The number of hydrogen-bond donors (Lipinski definition) is 1. The van der Waals surface area contributed by atoms with Crippen LogP contribution in [0.3, 0.4) is 0 Å². The molecule has 0 aliphatic rings. The Hall–Kier alpha value is -1.27. The first-order valence-corrected chi connectivity index (χ1v) is 6.91. The zero-order chi connectivity index (χ0) is 13.8. The average molecular weight is 328 g/mol. The minimum atomic E-state index is -0.308. The zero-order valence-electron chi connectivity index (χ0n) is 10.8. The monoisotopic (exact) mass is 327 g/mol. The van der Waals surface area contributed by atoms with E-state index >= 15 is 0 Å². The zero-order valence-corrected chi connectivity index (χ0v) is 12.4. The summed E-state index contributed by atoms with van der Waals surface area (Å²) in [7, 11) is 0. The maximum absolute atomic E-state index is 13.0. The number of benzene rings is 1. The van der Waals surface area contributed by atoms with E-state index < -0.39 is 0 Å². The largest absolute Gasteiger partial charge is 0.338 e. The Balaban J connectivity index is 2.12. The van der Waals surface area contributed by atoms with Crippen LogP contribution in [0.2, 0.25) is 0 Å². The molecule has 0 fully saturated rings. The molecular formula is C13H15BrFN3O. The van der Waals surface area contributed by atoms with Crippen LogP contribution in [0.1, 0.15) is 26.2 Å². The Morgan fingerprint density at radius 3 is 2.95 bits per heavy atom. The molecule has 1 unspecified atom stereocenters. The third-order valence-electron chi connectivity index (χ3n) is 2.85. The van der Waals surface area contributed by atoms with E-state index in [0.29, 0.717) is 34.3 Å². The van der Waals surface area contributed by atoms with Crippen LogP contribution in [-0.4, -0.2) is 16.2 Å². The third kappa shape index (κ3) is 3.61. The second-order valence-electron chi connectivity index (χ2n) is 4.33. The molecule has 0 radical (unpaired) electrons. The van der Waals surface area contributed by atoms with E-state index in [1.54, 1.807) is 6.07 Å². The molecule has 1 aromatic carbocycles. The highest BCUT2D eigenvalue weighted by Gasteiger charge is 2.12. The van der Waals surface area contributed by atoms with Gasteiger partial charge in [0.1, 0.15) is 5.82 Å². The van der Waals surface area contributed by atoms with Gasteiger partial charge in [0.05, 0.1) is 6.54 Å². The molecule has 2 rings (SSSR count). The van der Waals surface area contributed by atoms with Crippen molar-refractivity contribution in [2.24, 2.45) is 0 Å². The number of halogens is 2. The molecule has 1 heterocycles. The van der Waals surface area contributed by atoms with Gasteiger partial charge in [-0.1, -0.05) is 12.1 Å². The number of hydrogen-bond acceptors (Lipinski definition) is 4. The molecule has 0 saturated heterocycles. The van der Waals surface area contributed by atoms with E-state index in [9.17, 15) is 4.39 Å². The number of nitrogens with one attached hydrogen (secondary N) is 1. The summed E-state index contributed by atoms with van der Waals surface area (Å²) in [5, 5.41) is 7.17. The van der Waals surface area contributed by atoms with Crippen LogP contribution in [0.25, 0.3) is 11.4 Å². The van der Waals surface area contributed by atoms with E-state index in [4.69, 9.17) is 4.52 Å². The molecule has 1 atom stereocenters. The summed E-state index contributed by atoms with van der Waals surface area (Å²) >= 11 is 3.29. The number of nitrogens with zero attached hydrogens (tertiary/aromatic N) is 2. The molecule has 102 valence electrons. The maximum atomic E-state index is 13.0. The standard InChI is InChI=1S/C13H15BrFN3O/c1-3-8(2)16-7-12-17-13(18-19-12)10-5-4-9(15)6-11(10)14/h4-6,8,16H,3,7H2,1-2H3. The fourth-order valence-electron chi connectivity index (χ4n) is 1.51. The molecule has 0 aliphatic heterocycles. The van der Waals surface area contributed by atoms with E-state index in [2.05, 4.69) is 45.2 Å². The summed E-state index contributed by atoms with van der Waals surface area (Å²) in [6.45, 7) is 4.72. The van der Waals surface area contributed by atoms with Crippen LogP contribution in [0.5, 0.6) is 0 Å². The van der Waals surface area contributed by atoms with Crippen molar-refractivity contribution in [3.63, 3.8) is 0 Å². The second-order valence-corrected chi connectivity index (χ2v) is 5.18. The molecule has 0 aliphatic carbocycles. The van der Waals surface area contributed by atoms with Crippen molar-refractivity contribution in [1.29, 1.82) is 0 Å². The normalized spacial score (nSPS) is 12.6. The van der Waals surface area contributed by atoms with E-state index in [0.717, 1.165) is 6.42 Å². The van der Waals surface area contributed by atoms with Crippen LogP contribution < -0.4 is 5.32 Å². The van der Waals surface area contributed by atoms with Gasteiger partial charge in [0.15, 0.2) is 0 Å². The van der Waals surface area contributed by atoms with Gasteiger partial charge in [0, 0.05) is 16.1 Å². The van der Waals surface area contributed by atoms with Crippen molar-refractivity contribution in [2.75, 3.05) is 0 Å². The number of aromatic nitrogens is 2. The Bertz CT molecular complexity index is 559. The summed E-state index contributed by atoms with van der Waals surface area (Å²) in [5.41, 5.74) is 0.708. The summed E-state index contributed by atoms with van der Waals surface area (Å²) < 4.78 is 18.8. The molecule has 1 N–H and O–H groups in total. The molecule has 19 heavy (non-hydrogen) atoms. The third-order valence-corrected chi connectivity index (χ3v) is 3.51. The van der Waals surface area contributed by atoms with E-state index in [-0.39, 0.29) is 5.82 Å². The van der Waals surface area contributed by atoms with Gasteiger partial charge < -0.3 is 9.84 Å². The molecule has 0 amide bonds. The Morgan fingerprint density at radius 2 is 2.26 bits per heavy atom. The predicted octanol–water partition coefficient (Wildman–Crippen LogP) is 3.53. The van der Waals surface area contributed by atoms with Gasteiger partial charge in [0.25, 0.3) is 0 Å². The lowest BCUT2D eigenvalue weighted by Gasteiger charge is -2.07. The minimum Gasteiger partial charge on any atom is -0.338 e. The van der Waals surface area contributed by atoms with Crippen LogP contribution >= 0.6 is 15.9 Å². The Labute approximate surface area is 119 Å². The second kappa shape index (κ2) is 6.25. The molecular weight excluding hydrogens is 313 g/mol. The Kier molecular flexibility index (Phi) is 4.66. The topological polar surface area (TPSA) is 51.0 Å². The lowest BCUT2D eigenvalue weighted by atomic mass is 10.2. The quantitative estimate of drug-likeness (QED) is 0.912. The molecule has 0 spiro atoms. The van der Waals surface area contributed by atoms with Crippen LogP contribution in [0.4, 0.5) is 4.39 Å². The van der Waals surface area contributed by atoms with E-state index in [1.165, 1.54) is 12.1 Å². The van der Waals surface area contributed by atoms with Crippen molar-refractivity contribution in [2.45, 2.75) is 32.9 Å². The summed E-state index contributed by atoms with van der Waals surface area (Å²) in [6.07, 6.45) is 1.03. The van der Waals surface area contributed by atoms with Crippen LogP contribution in [0, 0.1) is 5.82 Å². The molecule has 0 saturated carbocycles. The van der Waals surface area contributed by atoms with Gasteiger partial charge in [-0.05, 0) is 47.5 Å². The fraction of sp³-hybridized carbons (Fsp3) is 0.385. The minimum absolute atomic E-state index is 0.308. The summed E-state index contributed by atoms with van der Waals surface area (Å²) in [6, 6.07) is 4.76. The highest BCUT2D eigenvalue weighted by Crippen LogP contribution is 2.26. The van der Waals surface area contributed by atoms with Gasteiger partial charge in [-0.3, -0.25) is 0 Å². The summed E-state index contributed by atoms with van der Waals surface area (Å²) in [5.74, 6) is 0.664. The van der Waals surface area contributed by atoms with Crippen LogP contribution in [0.15, 0.2) is 27.2 Å². The smallest absolute Gasteiger partial charge is 0.240 e. The molecule has 1 aromatic heterocycles. The first kappa shape index (κ1) is 14.1. The lowest BCUT2D eigenvalue weighted by molar-refractivity contribution is 0.358. The number of rotatable bonds is 5. The Morgan fingerprint density at radius 1 is 1.47 bits per heavy atom. The highest BCUT2D eigenvalue weighted by atomic mass is 79.9. The molecule has 2 aromatic rings. The van der Waals surface area contributed by atoms with Gasteiger partial charge in [0.2, 0.25) is 11.7 Å². The van der Waals surface area contributed by atoms with Crippen molar-refractivity contribution >= 4 is 15.9 Å². The van der Waals surface area contributed by atoms with Crippen molar-refractivity contribution in [3.8, 4) is 11.4 Å². The van der Waals surface area contributed by atoms with Gasteiger partial charge in [-0.15, -0.1) is 0 Å². The summed E-state index contributed by atoms with van der Waals surface area (Å²) in [4.78, 5) is 4.28. The fourth-order valence-corrected chi connectivity index (χ4v) is 2.04. The predicted molar refractivity (Wildman–Crippen MR) is 74.0 cm³/mol. The molecule has 6 heteroatoms. The first-order valence-electron chi connectivity index (χ1n) is 6.11. The first-order chi connectivity index (χ1) is 9.10. The molecule has 0 bridgehead atoms. The van der Waals surface area contributed by atoms with Gasteiger partial charge in [-0.2, -0.15) is 4.98 Å². The van der Waals surface area contributed by atoms with Crippen molar-refractivity contribution in [1.82, 2.24) is 15.5 Å². The van der Waals surface area contributed by atoms with Gasteiger partial charge in [-0.25, -0.2) is 4.39 Å². The van der Waals surface area contributed by atoms with Crippen molar-refractivity contribution in [3.05, 3.63) is 34.4 Å². The SMILES string of the molecule is CCC(C)NCc1nc(-c2ccc(F)cc2Br)no1. The maximum Gasteiger partial charge on any atom is 0.240 e. The van der Waals surface area contributed by atoms with Crippen LogP contribution in [-0.2, 0) is 6.54 Å². The average Bonchev–Trinajstić information content (AvgIpc) is 2.84. The van der Waals surface area contributed by atoms with Crippen molar-refractivity contribution < 1.29 is 8.91 Å². The van der Waals surface area contributed by atoms with E-state index in [1.807, 2.05) is 0 Å². The molecule has 4 nitrogen and oxygen atoms in total.